The van der Waals surface area contributed by atoms with E-state index < -0.39 is 0 Å². The topological polar surface area (TPSA) is 12.0 Å². The number of hydrogen-bond acceptors (Lipinski definition) is 3. The molecular weight excluding hydrogens is 222 g/mol. The highest BCUT2D eigenvalue weighted by atomic mass is 32.2. The van der Waals surface area contributed by atoms with Crippen LogP contribution >= 0.6 is 23.5 Å². The van der Waals surface area contributed by atoms with Crippen LogP contribution in [0, 0.1) is 0 Å². The minimum absolute atomic E-state index is 0.823. The third kappa shape index (κ3) is 6.08. The number of hydrogen-bond donors (Lipinski definition) is 1. The van der Waals surface area contributed by atoms with E-state index >= 15 is 0 Å². The molecule has 0 amide bonds. The third-order valence-corrected chi connectivity index (χ3v) is 4.92. The van der Waals surface area contributed by atoms with Gasteiger partial charge in [0.25, 0.3) is 0 Å². The molecule has 1 aliphatic carbocycles. The van der Waals surface area contributed by atoms with Gasteiger partial charge in [-0.3, -0.25) is 0 Å². The van der Waals surface area contributed by atoms with E-state index in [4.69, 9.17) is 0 Å². The zero-order chi connectivity index (χ0) is 10.9. The van der Waals surface area contributed by atoms with E-state index in [1.807, 2.05) is 11.8 Å². The molecular formula is C12H25NS2. The minimum Gasteiger partial charge on any atom is -0.314 e. The zero-order valence-corrected chi connectivity index (χ0v) is 11.8. The predicted octanol–water partition coefficient (Wildman–Crippen LogP) is 3.39. The Hall–Kier alpha value is 0.660. The summed E-state index contributed by atoms with van der Waals surface area (Å²) in [6.07, 6.45) is 9.15. The molecule has 0 aromatic rings. The summed E-state index contributed by atoms with van der Waals surface area (Å²) in [6, 6.07) is 0.823. The van der Waals surface area contributed by atoms with Crippen LogP contribution in [0.4, 0.5) is 0 Å². The van der Waals surface area contributed by atoms with Gasteiger partial charge in [0.05, 0.1) is 0 Å². The van der Waals surface area contributed by atoms with E-state index in [1.165, 1.54) is 50.2 Å². The summed E-state index contributed by atoms with van der Waals surface area (Å²) < 4.78 is 0. The lowest BCUT2D eigenvalue weighted by atomic mass is 10.2. The molecule has 1 saturated carbocycles. The molecule has 1 rings (SSSR count). The van der Waals surface area contributed by atoms with Crippen LogP contribution in [0.5, 0.6) is 0 Å². The van der Waals surface area contributed by atoms with Gasteiger partial charge < -0.3 is 5.32 Å². The molecule has 2 atom stereocenters. The Bertz CT molecular complexity index is 153. The molecule has 2 unspecified atom stereocenters. The fraction of sp³-hybridized carbons (Fsp3) is 1.00. The van der Waals surface area contributed by atoms with Crippen LogP contribution < -0.4 is 5.32 Å². The van der Waals surface area contributed by atoms with Crippen molar-refractivity contribution in [1.29, 1.82) is 0 Å². The van der Waals surface area contributed by atoms with Gasteiger partial charge in [-0.15, -0.1) is 0 Å². The van der Waals surface area contributed by atoms with Crippen molar-refractivity contribution in [3.8, 4) is 0 Å². The summed E-state index contributed by atoms with van der Waals surface area (Å²) in [5.74, 6) is 2.60. The molecule has 90 valence electrons. The van der Waals surface area contributed by atoms with Gasteiger partial charge in [0.1, 0.15) is 0 Å². The number of thioether (sulfide) groups is 2. The Morgan fingerprint density at radius 2 is 2.13 bits per heavy atom. The molecule has 0 heterocycles. The standard InChI is InChI=1S/C12H25NS2/c1-3-15-12-7-6-11(10-12)13-8-4-5-9-14-2/h11-13H,3-10H2,1-2H3. The van der Waals surface area contributed by atoms with E-state index in [0.29, 0.717) is 0 Å². The second-order valence-corrected chi connectivity index (χ2v) is 6.80. The lowest BCUT2D eigenvalue weighted by Gasteiger charge is -2.12. The largest absolute Gasteiger partial charge is 0.314 e. The molecule has 0 spiro atoms. The average Bonchev–Trinajstić information content (AvgIpc) is 2.66. The van der Waals surface area contributed by atoms with Gasteiger partial charge in [-0.2, -0.15) is 23.5 Å². The lowest BCUT2D eigenvalue weighted by Crippen LogP contribution is -2.27. The highest BCUT2D eigenvalue weighted by Gasteiger charge is 2.23. The fourth-order valence-electron chi connectivity index (χ4n) is 2.19. The third-order valence-electron chi connectivity index (χ3n) is 3.00. The maximum atomic E-state index is 3.71. The smallest absolute Gasteiger partial charge is 0.00779 e. The summed E-state index contributed by atoms with van der Waals surface area (Å²) in [4.78, 5) is 0. The van der Waals surface area contributed by atoms with E-state index in [9.17, 15) is 0 Å². The van der Waals surface area contributed by atoms with Crippen molar-refractivity contribution in [2.24, 2.45) is 0 Å². The molecule has 1 N–H and O–H groups in total. The maximum Gasteiger partial charge on any atom is 0.00779 e. The van der Waals surface area contributed by atoms with Gasteiger partial charge in [-0.05, 0) is 56.4 Å². The van der Waals surface area contributed by atoms with Gasteiger partial charge in [0, 0.05) is 11.3 Å². The van der Waals surface area contributed by atoms with Crippen molar-refractivity contribution in [2.75, 3.05) is 24.3 Å². The molecule has 1 fully saturated rings. The molecule has 0 saturated heterocycles. The quantitative estimate of drug-likeness (QED) is 0.660. The number of unbranched alkanes of at least 4 members (excludes halogenated alkanes) is 1. The fourth-order valence-corrected chi connectivity index (χ4v) is 3.83. The number of nitrogens with one attached hydrogen (secondary N) is 1. The molecule has 0 aromatic heterocycles. The van der Waals surface area contributed by atoms with E-state index in [-0.39, 0.29) is 0 Å². The van der Waals surface area contributed by atoms with Crippen LogP contribution in [0.2, 0.25) is 0 Å². The van der Waals surface area contributed by atoms with Crippen molar-refractivity contribution in [1.82, 2.24) is 5.32 Å². The Labute approximate surface area is 104 Å². The van der Waals surface area contributed by atoms with Gasteiger partial charge in [-0.25, -0.2) is 0 Å². The molecule has 3 heteroatoms. The first-order chi connectivity index (χ1) is 7.36. The first-order valence-electron chi connectivity index (χ1n) is 6.20. The monoisotopic (exact) mass is 247 g/mol. The molecule has 0 aliphatic heterocycles. The van der Waals surface area contributed by atoms with Crippen molar-refractivity contribution in [3.05, 3.63) is 0 Å². The average molecular weight is 247 g/mol. The zero-order valence-electron chi connectivity index (χ0n) is 10.1. The highest BCUT2D eigenvalue weighted by Crippen LogP contribution is 2.29. The molecule has 1 aliphatic rings. The Balaban J connectivity index is 1.94. The van der Waals surface area contributed by atoms with Gasteiger partial charge in [-0.1, -0.05) is 6.92 Å². The van der Waals surface area contributed by atoms with Crippen molar-refractivity contribution in [3.63, 3.8) is 0 Å². The molecule has 0 radical (unpaired) electrons. The lowest BCUT2D eigenvalue weighted by molar-refractivity contribution is 0.514. The van der Waals surface area contributed by atoms with E-state index in [1.54, 1.807) is 0 Å². The Kier molecular flexibility index (Phi) is 8.02. The maximum absolute atomic E-state index is 3.71. The normalized spacial score (nSPS) is 26.0. The van der Waals surface area contributed by atoms with Crippen LogP contribution in [-0.2, 0) is 0 Å². The van der Waals surface area contributed by atoms with Crippen LogP contribution in [0.3, 0.4) is 0 Å². The Morgan fingerprint density at radius 1 is 1.27 bits per heavy atom. The predicted molar refractivity (Wildman–Crippen MR) is 75.2 cm³/mol. The molecule has 0 aromatic carbocycles. The first-order valence-corrected chi connectivity index (χ1v) is 8.65. The molecule has 15 heavy (non-hydrogen) atoms. The van der Waals surface area contributed by atoms with Crippen LogP contribution in [0.15, 0.2) is 0 Å². The van der Waals surface area contributed by atoms with Crippen molar-refractivity contribution < 1.29 is 0 Å². The van der Waals surface area contributed by atoms with Crippen LogP contribution in [0.1, 0.15) is 39.0 Å². The number of rotatable bonds is 8. The summed E-state index contributed by atoms with van der Waals surface area (Å²) in [6.45, 7) is 3.50. The van der Waals surface area contributed by atoms with Crippen LogP contribution in [0.25, 0.3) is 0 Å². The van der Waals surface area contributed by atoms with E-state index in [0.717, 1.165) is 11.3 Å². The minimum atomic E-state index is 0.823. The first kappa shape index (κ1) is 13.7. The van der Waals surface area contributed by atoms with Gasteiger partial charge >= 0.3 is 0 Å². The second kappa shape index (κ2) is 8.77. The summed E-state index contributed by atoms with van der Waals surface area (Å²) in [5.41, 5.74) is 0. The molecule has 0 bridgehead atoms. The van der Waals surface area contributed by atoms with Crippen molar-refractivity contribution in [2.45, 2.75) is 50.3 Å². The highest BCUT2D eigenvalue weighted by molar-refractivity contribution is 7.99. The van der Waals surface area contributed by atoms with Gasteiger partial charge in [0.2, 0.25) is 0 Å². The molecule has 1 nitrogen and oxygen atoms in total. The van der Waals surface area contributed by atoms with E-state index in [2.05, 4.69) is 30.3 Å². The van der Waals surface area contributed by atoms with Crippen LogP contribution in [-0.4, -0.2) is 35.6 Å². The van der Waals surface area contributed by atoms with Gasteiger partial charge in [0.15, 0.2) is 0 Å². The van der Waals surface area contributed by atoms with Crippen molar-refractivity contribution >= 4 is 23.5 Å². The summed E-state index contributed by atoms with van der Waals surface area (Å²) in [7, 11) is 0. The Morgan fingerprint density at radius 3 is 2.87 bits per heavy atom. The second-order valence-electron chi connectivity index (χ2n) is 4.24. The SMILES string of the molecule is CCSC1CCC(NCCCCSC)C1. The summed E-state index contributed by atoms with van der Waals surface area (Å²) >= 11 is 4.11. The summed E-state index contributed by atoms with van der Waals surface area (Å²) in [5, 5.41) is 4.65.